The maximum Gasteiger partial charge on any atom is 0.339 e. The van der Waals surface area contributed by atoms with Gasteiger partial charge in [-0.2, -0.15) is 0 Å². The summed E-state index contributed by atoms with van der Waals surface area (Å²) in [7, 11) is 0. The number of benzene rings is 3. The molecule has 3 amide bonds. The Morgan fingerprint density at radius 2 is 1.57 bits per heavy atom. The first-order valence-electron chi connectivity index (χ1n) is 10.1. The highest BCUT2D eigenvalue weighted by Gasteiger charge is 2.23. The van der Waals surface area contributed by atoms with Gasteiger partial charge in [-0.15, -0.1) is 0 Å². The first-order chi connectivity index (χ1) is 16.8. The Balaban J connectivity index is 1.62. The van der Waals surface area contributed by atoms with Gasteiger partial charge in [0.2, 0.25) is 0 Å². The van der Waals surface area contributed by atoms with Crippen molar-refractivity contribution in [2.75, 3.05) is 6.61 Å². The molecule has 0 atom stereocenters. The fraction of sp³-hybridized carbons (Fsp3) is 0.0833. The number of carbonyl (C=O) groups is 4. The van der Waals surface area contributed by atoms with Crippen molar-refractivity contribution in [1.82, 2.24) is 10.6 Å². The normalized spacial score (nSPS) is 10.2. The van der Waals surface area contributed by atoms with Crippen molar-refractivity contribution in [3.63, 3.8) is 0 Å². The highest BCUT2D eigenvalue weighted by atomic mass is 35.5. The number of nitro benzene ring substituents is 1. The van der Waals surface area contributed by atoms with Gasteiger partial charge in [-0.3, -0.25) is 25.0 Å². The van der Waals surface area contributed by atoms with E-state index in [2.05, 4.69) is 5.32 Å². The number of ether oxygens (including phenoxy) is 1. The summed E-state index contributed by atoms with van der Waals surface area (Å²) in [6.07, 6.45) is 0. The van der Waals surface area contributed by atoms with Gasteiger partial charge in [-0.25, -0.2) is 9.59 Å². The molecule has 0 aliphatic carbocycles. The first kappa shape index (κ1) is 25.1. The van der Waals surface area contributed by atoms with Crippen LogP contribution in [0, 0.1) is 10.1 Å². The molecule has 0 aromatic heterocycles. The molecule has 0 saturated carbocycles. The Hall–Kier alpha value is -4.57. The number of hydrogen-bond donors (Lipinski definition) is 2. The van der Waals surface area contributed by atoms with Gasteiger partial charge in [0.1, 0.15) is 5.02 Å². The standard InChI is InChI=1S/C24H18ClN3O7/c25-19-11-10-16(12-20(19)28(33)34)22(30)17-8-4-5-9-18(17)23(31)35-14-21(29)27-24(32)26-13-15-6-2-1-3-7-15/h1-12H,13-14H2,(H2,26,27,29,32). The summed E-state index contributed by atoms with van der Waals surface area (Å²) in [5.74, 6) is -2.54. The lowest BCUT2D eigenvalue weighted by atomic mass is 9.98. The zero-order valence-corrected chi connectivity index (χ0v) is 18.8. The second-order valence-electron chi connectivity index (χ2n) is 7.09. The van der Waals surface area contributed by atoms with Crippen LogP contribution in [0.3, 0.4) is 0 Å². The van der Waals surface area contributed by atoms with Gasteiger partial charge in [0.05, 0.1) is 10.5 Å². The molecule has 0 aliphatic heterocycles. The van der Waals surface area contributed by atoms with Gasteiger partial charge < -0.3 is 10.1 Å². The van der Waals surface area contributed by atoms with Crippen LogP contribution in [0.4, 0.5) is 10.5 Å². The molecular weight excluding hydrogens is 478 g/mol. The van der Waals surface area contributed by atoms with Crippen LogP contribution < -0.4 is 10.6 Å². The van der Waals surface area contributed by atoms with E-state index in [0.29, 0.717) is 0 Å². The minimum absolute atomic E-state index is 0.0609. The maximum absolute atomic E-state index is 12.9. The smallest absolute Gasteiger partial charge is 0.339 e. The van der Waals surface area contributed by atoms with Crippen LogP contribution in [0.5, 0.6) is 0 Å². The topological polar surface area (TPSA) is 145 Å². The predicted molar refractivity (Wildman–Crippen MR) is 125 cm³/mol. The van der Waals surface area contributed by atoms with Gasteiger partial charge >= 0.3 is 12.0 Å². The summed E-state index contributed by atoms with van der Waals surface area (Å²) in [4.78, 5) is 59.7. The van der Waals surface area contributed by atoms with E-state index >= 15 is 0 Å². The number of amides is 3. The number of hydrogen-bond acceptors (Lipinski definition) is 7. The van der Waals surface area contributed by atoms with Gasteiger partial charge in [0.25, 0.3) is 11.6 Å². The van der Waals surface area contributed by atoms with Crippen LogP contribution in [0.1, 0.15) is 31.8 Å². The highest BCUT2D eigenvalue weighted by molar-refractivity contribution is 6.33. The lowest BCUT2D eigenvalue weighted by Gasteiger charge is -2.10. The number of nitrogens with one attached hydrogen (secondary N) is 2. The zero-order valence-electron chi connectivity index (χ0n) is 18.0. The summed E-state index contributed by atoms with van der Waals surface area (Å²) in [5, 5.41) is 15.5. The predicted octanol–water partition coefficient (Wildman–Crippen LogP) is 3.66. The SMILES string of the molecule is O=C(COC(=O)c1ccccc1C(=O)c1ccc(Cl)c([N+](=O)[O-])c1)NC(=O)NCc1ccccc1. The summed E-state index contributed by atoms with van der Waals surface area (Å²) in [5.41, 5.74) is 0.0642. The van der Waals surface area contributed by atoms with Gasteiger partial charge in [0, 0.05) is 23.7 Å². The molecule has 10 nitrogen and oxygen atoms in total. The zero-order chi connectivity index (χ0) is 25.4. The van der Waals surface area contributed by atoms with Crippen LogP contribution >= 0.6 is 11.6 Å². The number of urea groups is 1. The van der Waals surface area contributed by atoms with E-state index in [4.69, 9.17) is 16.3 Å². The minimum atomic E-state index is -0.989. The summed E-state index contributed by atoms with van der Waals surface area (Å²) < 4.78 is 4.95. The van der Waals surface area contributed by atoms with Crippen molar-refractivity contribution in [3.8, 4) is 0 Å². The fourth-order valence-electron chi connectivity index (χ4n) is 3.00. The number of halogens is 1. The molecular formula is C24H18ClN3O7. The molecule has 35 heavy (non-hydrogen) atoms. The van der Waals surface area contributed by atoms with E-state index in [-0.39, 0.29) is 28.3 Å². The van der Waals surface area contributed by atoms with E-state index in [1.54, 1.807) is 24.3 Å². The number of imide groups is 1. The molecule has 0 heterocycles. The van der Waals surface area contributed by atoms with Crippen LogP contribution in [0.25, 0.3) is 0 Å². The molecule has 3 rings (SSSR count). The fourth-order valence-corrected chi connectivity index (χ4v) is 3.19. The molecule has 0 aliphatic rings. The molecule has 0 unspecified atom stereocenters. The Labute approximate surface area is 204 Å². The van der Waals surface area contributed by atoms with E-state index < -0.39 is 40.9 Å². The molecule has 0 spiro atoms. The van der Waals surface area contributed by atoms with Gasteiger partial charge in [-0.1, -0.05) is 60.1 Å². The summed E-state index contributed by atoms with van der Waals surface area (Å²) in [6, 6.07) is 17.4. The van der Waals surface area contributed by atoms with Gasteiger partial charge in [0.15, 0.2) is 12.4 Å². The summed E-state index contributed by atoms with van der Waals surface area (Å²) >= 11 is 5.79. The molecule has 2 N–H and O–H groups in total. The number of rotatable bonds is 8. The van der Waals surface area contributed by atoms with E-state index in [9.17, 15) is 29.3 Å². The van der Waals surface area contributed by atoms with Crippen LogP contribution in [0.15, 0.2) is 72.8 Å². The Morgan fingerprint density at radius 1 is 0.914 bits per heavy atom. The van der Waals surface area contributed by atoms with Crippen molar-refractivity contribution in [1.29, 1.82) is 0 Å². The second kappa shape index (κ2) is 11.5. The van der Waals surface area contributed by atoms with Gasteiger partial charge in [-0.05, 0) is 23.8 Å². The number of ketones is 1. The second-order valence-corrected chi connectivity index (χ2v) is 7.50. The quantitative estimate of drug-likeness (QED) is 0.210. The summed E-state index contributed by atoms with van der Waals surface area (Å²) in [6.45, 7) is -0.579. The average molecular weight is 496 g/mol. The largest absolute Gasteiger partial charge is 0.452 e. The van der Waals surface area contributed by atoms with E-state index in [1.807, 2.05) is 11.4 Å². The molecule has 0 saturated heterocycles. The highest BCUT2D eigenvalue weighted by Crippen LogP contribution is 2.27. The van der Waals surface area contributed by atoms with Crippen LogP contribution in [-0.4, -0.2) is 35.2 Å². The molecule has 11 heteroatoms. The molecule has 3 aromatic rings. The third-order valence-corrected chi connectivity index (χ3v) is 5.00. The third kappa shape index (κ3) is 6.71. The van der Waals surface area contributed by atoms with Crippen molar-refractivity contribution >= 4 is 41.0 Å². The Kier molecular flexibility index (Phi) is 8.25. The molecule has 0 fully saturated rings. The first-order valence-corrected chi connectivity index (χ1v) is 10.5. The lowest BCUT2D eigenvalue weighted by molar-refractivity contribution is -0.384. The Bertz CT molecular complexity index is 1300. The van der Waals surface area contributed by atoms with Crippen molar-refractivity contribution in [2.24, 2.45) is 0 Å². The monoisotopic (exact) mass is 495 g/mol. The number of carbonyl (C=O) groups excluding carboxylic acids is 4. The minimum Gasteiger partial charge on any atom is -0.452 e. The molecule has 0 bridgehead atoms. The van der Waals surface area contributed by atoms with E-state index in [0.717, 1.165) is 11.6 Å². The van der Waals surface area contributed by atoms with Crippen molar-refractivity contribution < 1.29 is 28.8 Å². The van der Waals surface area contributed by atoms with Crippen molar-refractivity contribution in [3.05, 3.63) is 110 Å². The van der Waals surface area contributed by atoms with Crippen LogP contribution in [0.2, 0.25) is 5.02 Å². The maximum atomic E-state index is 12.9. The Morgan fingerprint density at radius 3 is 2.26 bits per heavy atom. The van der Waals surface area contributed by atoms with E-state index in [1.165, 1.54) is 36.4 Å². The average Bonchev–Trinajstić information content (AvgIpc) is 2.86. The van der Waals surface area contributed by atoms with Crippen LogP contribution in [-0.2, 0) is 16.1 Å². The molecule has 178 valence electrons. The lowest BCUT2D eigenvalue weighted by Crippen LogP contribution is -2.41. The molecule has 3 aromatic carbocycles. The van der Waals surface area contributed by atoms with Crippen molar-refractivity contribution in [2.45, 2.75) is 6.54 Å². The number of esters is 1. The number of nitro groups is 1. The number of nitrogens with zero attached hydrogens (tertiary/aromatic N) is 1. The molecule has 0 radical (unpaired) electrons. The third-order valence-electron chi connectivity index (χ3n) is 4.68.